The zero-order valence-electron chi connectivity index (χ0n) is 16.0. The molecule has 1 aromatic heterocycles. The molecule has 3 rings (SSSR count). The third-order valence-corrected chi connectivity index (χ3v) is 7.76. The summed E-state index contributed by atoms with van der Waals surface area (Å²) in [6.45, 7) is 1.88. The van der Waals surface area contributed by atoms with Crippen molar-refractivity contribution in [2.24, 2.45) is 5.73 Å². The van der Waals surface area contributed by atoms with Crippen molar-refractivity contribution < 1.29 is 9.90 Å². The van der Waals surface area contributed by atoms with Crippen LogP contribution in [0.2, 0.25) is 0 Å². The van der Waals surface area contributed by atoms with Crippen molar-refractivity contribution in [1.29, 1.82) is 5.41 Å². The molecule has 0 atom stereocenters. The average molecular weight is 444 g/mol. The van der Waals surface area contributed by atoms with Crippen LogP contribution in [0.15, 0.2) is 62.5 Å². The molecule has 150 valence electrons. The Morgan fingerprint density at radius 2 is 2.00 bits per heavy atom. The van der Waals surface area contributed by atoms with Crippen molar-refractivity contribution >= 4 is 52.4 Å². The molecule has 29 heavy (non-hydrogen) atoms. The maximum absolute atomic E-state index is 11.0. The highest BCUT2D eigenvalue weighted by Gasteiger charge is 2.14. The lowest BCUT2D eigenvalue weighted by molar-refractivity contribution is -0.134. The molecule has 1 heterocycles. The van der Waals surface area contributed by atoms with Crippen molar-refractivity contribution in [2.75, 3.05) is 18.1 Å². The Balaban J connectivity index is 1.95. The predicted octanol–water partition coefficient (Wildman–Crippen LogP) is 5.38. The van der Waals surface area contributed by atoms with Gasteiger partial charge in [-0.25, -0.2) is 0 Å². The zero-order chi connectivity index (χ0) is 21.0. The van der Waals surface area contributed by atoms with Crippen LogP contribution in [-0.2, 0) is 4.79 Å². The van der Waals surface area contributed by atoms with Crippen LogP contribution in [-0.4, -0.2) is 29.7 Å². The van der Waals surface area contributed by atoms with Crippen molar-refractivity contribution in [3.05, 3.63) is 59.0 Å². The molecule has 5 nitrogen and oxygen atoms in total. The molecule has 2 aromatic carbocycles. The molecule has 0 aliphatic heterocycles. The number of hydrogen-bond donors (Lipinski definition) is 4. The van der Waals surface area contributed by atoms with Gasteiger partial charge in [0, 0.05) is 21.0 Å². The molecule has 0 aliphatic rings. The lowest BCUT2D eigenvalue weighted by Gasteiger charge is -2.15. The molecule has 0 unspecified atom stereocenters. The van der Waals surface area contributed by atoms with E-state index in [1.54, 1.807) is 23.5 Å². The zero-order valence-corrected chi connectivity index (χ0v) is 18.4. The maximum Gasteiger partial charge on any atom is 0.322 e. The Morgan fingerprint density at radius 3 is 2.69 bits per heavy atom. The van der Waals surface area contributed by atoms with E-state index in [9.17, 15) is 4.79 Å². The highest BCUT2D eigenvalue weighted by atomic mass is 32.2. The molecule has 0 fully saturated rings. The number of nitrogen functional groups attached to an aromatic ring is 1. The third kappa shape index (κ3) is 5.14. The van der Waals surface area contributed by atoms with Crippen LogP contribution < -0.4 is 11.1 Å². The van der Waals surface area contributed by atoms with Gasteiger partial charge in [0.05, 0.1) is 9.09 Å². The SMILES string of the molecule is CSc1sc(C(=N)N)cc1Sc1cccc(-c2c(C)cccc2NCC(=O)O)c1. The normalized spacial score (nSPS) is 10.7. The van der Waals surface area contributed by atoms with E-state index in [0.717, 1.165) is 41.3 Å². The lowest BCUT2D eigenvalue weighted by atomic mass is 9.98. The van der Waals surface area contributed by atoms with Crippen LogP contribution in [0.4, 0.5) is 5.69 Å². The fourth-order valence-electron chi connectivity index (χ4n) is 2.91. The Bertz CT molecular complexity index is 1060. The molecule has 0 radical (unpaired) electrons. The van der Waals surface area contributed by atoms with E-state index in [-0.39, 0.29) is 12.4 Å². The topological polar surface area (TPSA) is 99.2 Å². The first-order chi connectivity index (χ1) is 13.9. The van der Waals surface area contributed by atoms with Crippen LogP contribution >= 0.6 is 34.9 Å². The minimum Gasteiger partial charge on any atom is -0.480 e. The Kier molecular flexibility index (Phi) is 6.89. The summed E-state index contributed by atoms with van der Waals surface area (Å²) in [7, 11) is 0. The van der Waals surface area contributed by atoms with Gasteiger partial charge in [0.2, 0.25) is 0 Å². The monoisotopic (exact) mass is 443 g/mol. The van der Waals surface area contributed by atoms with Gasteiger partial charge >= 0.3 is 5.97 Å². The summed E-state index contributed by atoms with van der Waals surface area (Å²) in [6.07, 6.45) is 2.02. The van der Waals surface area contributed by atoms with Crippen molar-refractivity contribution in [3.8, 4) is 11.1 Å². The molecular weight excluding hydrogens is 422 g/mol. The number of thioether (sulfide) groups is 1. The van der Waals surface area contributed by atoms with Gasteiger partial charge in [-0.1, -0.05) is 36.0 Å². The van der Waals surface area contributed by atoms with E-state index < -0.39 is 5.97 Å². The van der Waals surface area contributed by atoms with Crippen molar-refractivity contribution in [2.45, 2.75) is 20.9 Å². The summed E-state index contributed by atoms with van der Waals surface area (Å²) >= 11 is 4.81. The fourth-order valence-corrected chi connectivity index (χ4v) is 5.97. The van der Waals surface area contributed by atoms with Gasteiger partial charge in [-0.2, -0.15) is 0 Å². The summed E-state index contributed by atoms with van der Waals surface area (Å²) < 4.78 is 1.13. The summed E-state index contributed by atoms with van der Waals surface area (Å²) in [4.78, 5) is 13.9. The number of carboxylic acids is 1. The van der Waals surface area contributed by atoms with Gasteiger partial charge in [0.25, 0.3) is 0 Å². The molecule has 3 aromatic rings. The van der Waals surface area contributed by atoms with Crippen LogP contribution in [0.3, 0.4) is 0 Å². The van der Waals surface area contributed by atoms with Crippen LogP contribution in [0.25, 0.3) is 11.1 Å². The molecule has 5 N–H and O–H groups in total. The van der Waals surface area contributed by atoms with E-state index in [1.807, 2.05) is 55.6 Å². The van der Waals surface area contributed by atoms with E-state index in [2.05, 4.69) is 11.4 Å². The summed E-state index contributed by atoms with van der Waals surface area (Å²) in [6, 6.07) is 16.0. The number of nitrogens with one attached hydrogen (secondary N) is 2. The number of benzene rings is 2. The van der Waals surface area contributed by atoms with Crippen LogP contribution in [0.1, 0.15) is 10.4 Å². The molecule has 0 aliphatic carbocycles. The smallest absolute Gasteiger partial charge is 0.322 e. The third-order valence-electron chi connectivity index (χ3n) is 4.17. The number of anilines is 1. The maximum atomic E-state index is 11.0. The standard InChI is InChI=1S/C21H21N3O2S3/c1-12-5-3-8-15(24-11-18(25)26)19(12)13-6-4-7-14(9-13)28-17-10-16(20(22)23)29-21(17)27-2/h3-10,24H,11H2,1-2H3,(H3,22,23)(H,25,26). The second-order valence-electron chi connectivity index (χ2n) is 6.25. The van der Waals surface area contributed by atoms with Gasteiger partial charge in [-0.3, -0.25) is 10.2 Å². The summed E-state index contributed by atoms with van der Waals surface area (Å²) in [5.74, 6) is -0.815. The molecule has 0 bridgehead atoms. The highest BCUT2D eigenvalue weighted by molar-refractivity contribution is 8.03. The van der Waals surface area contributed by atoms with Crippen molar-refractivity contribution in [1.82, 2.24) is 0 Å². The Labute approximate surface area is 182 Å². The van der Waals surface area contributed by atoms with Gasteiger partial charge < -0.3 is 16.2 Å². The van der Waals surface area contributed by atoms with Gasteiger partial charge in [0.1, 0.15) is 12.4 Å². The number of nitrogens with two attached hydrogens (primary N) is 1. The average Bonchev–Trinajstić information content (AvgIpc) is 3.09. The van der Waals surface area contributed by atoms with Gasteiger partial charge in [-0.05, 0) is 48.6 Å². The largest absolute Gasteiger partial charge is 0.480 e. The molecular formula is C21H21N3O2S3. The summed E-state index contributed by atoms with van der Waals surface area (Å²) in [5, 5.41) is 19.7. The van der Waals surface area contributed by atoms with E-state index in [1.165, 1.54) is 11.3 Å². The van der Waals surface area contributed by atoms with Crippen LogP contribution in [0, 0.1) is 12.3 Å². The number of carboxylic acid groups (broad SMARTS) is 1. The molecule has 0 saturated heterocycles. The molecule has 0 amide bonds. The quantitative estimate of drug-likeness (QED) is 0.212. The minimum atomic E-state index is -0.898. The first-order valence-electron chi connectivity index (χ1n) is 8.75. The first kappa shape index (κ1) is 21.3. The van der Waals surface area contributed by atoms with E-state index in [4.69, 9.17) is 16.2 Å². The fraction of sp³-hybridized carbons (Fsp3) is 0.143. The minimum absolute atomic E-state index is 0.0833. The molecule has 8 heteroatoms. The number of hydrogen-bond acceptors (Lipinski definition) is 6. The second-order valence-corrected chi connectivity index (χ2v) is 9.50. The van der Waals surface area contributed by atoms with E-state index in [0.29, 0.717) is 0 Å². The number of carbonyl (C=O) groups is 1. The van der Waals surface area contributed by atoms with Gasteiger partial charge in [-0.15, -0.1) is 23.1 Å². The first-order valence-corrected chi connectivity index (χ1v) is 11.6. The lowest BCUT2D eigenvalue weighted by Crippen LogP contribution is -2.13. The number of thiophene rings is 1. The summed E-state index contributed by atoms with van der Waals surface area (Å²) in [5.41, 5.74) is 9.54. The number of aryl methyl sites for hydroxylation is 1. The van der Waals surface area contributed by atoms with Gasteiger partial charge in [0.15, 0.2) is 0 Å². The molecule has 0 saturated carbocycles. The highest BCUT2D eigenvalue weighted by Crippen LogP contribution is 2.42. The Hall–Kier alpha value is -2.42. The Morgan fingerprint density at radius 1 is 1.24 bits per heavy atom. The van der Waals surface area contributed by atoms with Crippen molar-refractivity contribution in [3.63, 3.8) is 0 Å². The number of rotatable bonds is 8. The predicted molar refractivity (Wildman–Crippen MR) is 124 cm³/mol. The van der Waals surface area contributed by atoms with Crippen LogP contribution in [0.5, 0.6) is 0 Å². The van der Waals surface area contributed by atoms with E-state index >= 15 is 0 Å². The number of aliphatic carboxylic acids is 1. The number of amidine groups is 1. The second kappa shape index (κ2) is 9.39. The molecule has 0 spiro atoms.